The minimum Gasteiger partial charge on any atom is -0.466 e. The van der Waals surface area contributed by atoms with E-state index in [-0.39, 0.29) is 11.9 Å². The summed E-state index contributed by atoms with van der Waals surface area (Å²) in [7, 11) is 0. The van der Waals surface area contributed by atoms with Gasteiger partial charge in [-0.25, -0.2) is 0 Å². The number of hydrogen-bond acceptors (Lipinski definition) is 3. The molecule has 2 rings (SSSR count). The first kappa shape index (κ1) is 11.8. The van der Waals surface area contributed by atoms with Gasteiger partial charge in [0.15, 0.2) is 0 Å². The van der Waals surface area contributed by atoms with Gasteiger partial charge in [-0.1, -0.05) is 12.1 Å². The molecule has 0 aliphatic heterocycles. The SMILES string of the molecule is CCOC(=O)[C@@H]1CC=C(c2cccnc2)CC1. The zero-order valence-corrected chi connectivity index (χ0v) is 10.1. The average Bonchev–Trinajstić information content (AvgIpc) is 2.40. The van der Waals surface area contributed by atoms with Crippen molar-refractivity contribution in [3.05, 3.63) is 36.2 Å². The number of pyridine rings is 1. The molecular formula is C14H17NO2. The maximum absolute atomic E-state index is 11.6. The molecule has 0 N–H and O–H groups in total. The Bertz CT molecular complexity index is 411. The lowest BCUT2D eigenvalue weighted by atomic mass is 9.87. The van der Waals surface area contributed by atoms with Gasteiger partial charge >= 0.3 is 5.97 Å². The van der Waals surface area contributed by atoms with Crippen LogP contribution in [0.3, 0.4) is 0 Å². The number of allylic oxidation sites excluding steroid dienone is 2. The highest BCUT2D eigenvalue weighted by Crippen LogP contribution is 2.30. The Labute approximate surface area is 102 Å². The van der Waals surface area contributed by atoms with Gasteiger partial charge < -0.3 is 4.74 Å². The summed E-state index contributed by atoms with van der Waals surface area (Å²) in [4.78, 5) is 15.7. The molecule has 3 heteroatoms. The van der Waals surface area contributed by atoms with Gasteiger partial charge in [-0.15, -0.1) is 0 Å². The Kier molecular flexibility index (Phi) is 3.91. The Morgan fingerprint density at radius 1 is 1.59 bits per heavy atom. The Balaban J connectivity index is 2.00. The maximum atomic E-state index is 11.6. The van der Waals surface area contributed by atoms with Crippen molar-refractivity contribution < 1.29 is 9.53 Å². The van der Waals surface area contributed by atoms with Crippen LogP contribution in [0.25, 0.3) is 5.57 Å². The number of rotatable bonds is 3. The van der Waals surface area contributed by atoms with Gasteiger partial charge in [0.25, 0.3) is 0 Å². The molecule has 1 heterocycles. The van der Waals surface area contributed by atoms with Gasteiger partial charge in [0.2, 0.25) is 0 Å². The second kappa shape index (κ2) is 5.62. The number of nitrogens with zero attached hydrogens (tertiary/aromatic N) is 1. The van der Waals surface area contributed by atoms with Crippen molar-refractivity contribution in [2.75, 3.05) is 6.61 Å². The van der Waals surface area contributed by atoms with E-state index in [2.05, 4.69) is 17.1 Å². The molecule has 0 amide bonds. The molecule has 1 aliphatic carbocycles. The fourth-order valence-electron chi connectivity index (χ4n) is 2.12. The van der Waals surface area contributed by atoms with E-state index in [1.54, 1.807) is 6.20 Å². The number of carbonyl (C=O) groups is 1. The summed E-state index contributed by atoms with van der Waals surface area (Å²) >= 11 is 0. The predicted octanol–water partition coefficient (Wildman–Crippen LogP) is 2.83. The summed E-state index contributed by atoms with van der Waals surface area (Å²) in [5, 5.41) is 0. The molecule has 1 aromatic rings. The molecule has 0 unspecified atom stereocenters. The molecule has 0 saturated heterocycles. The highest BCUT2D eigenvalue weighted by molar-refractivity contribution is 5.75. The Morgan fingerprint density at radius 2 is 2.47 bits per heavy atom. The van der Waals surface area contributed by atoms with Crippen molar-refractivity contribution >= 4 is 11.5 Å². The highest BCUT2D eigenvalue weighted by Gasteiger charge is 2.22. The van der Waals surface area contributed by atoms with Gasteiger partial charge in [0.1, 0.15) is 0 Å². The van der Waals surface area contributed by atoms with E-state index in [1.165, 1.54) is 5.57 Å². The van der Waals surface area contributed by atoms with Crippen molar-refractivity contribution in [2.24, 2.45) is 5.92 Å². The third kappa shape index (κ3) is 2.93. The smallest absolute Gasteiger partial charge is 0.309 e. The third-order valence-corrected chi connectivity index (χ3v) is 3.06. The van der Waals surface area contributed by atoms with E-state index in [9.17, 15) is 4.79 Å². The molecule has 0 aromatic carbocycles. The van der Waals surface area contributed by atoms with E-state index < -0.39 is 0 Å². The van der Waals surface area contributed by atoms with Crippen LogP contribution in [-0.2, 0) is 9.53 Å². The lowest BCUT2D eigenvalue weighted by Crippen LogP contribution is -2.19. The number of ether oxygens (including phenoxy) is 1. The maximum Gasteiger partial charge on any atom is 0.309 e. The van der Waals surface area contributed by atoms with Crippen molar-refractivity contribution in [3.8, 4) is 0 Å². The molecule has 1 aliphatic rings. The molecule has 17 heavy (non-hydrogen) atoms. The van der Waals surface area contributed by atoms with E-state index >= 15 is 0 Å². The van der Waals surface area contributed by atoms with E-state index in [1.807, 2.05) is 19.2 Å². The van der Waals surface area contributed by atoms with Gasteiger partial charge in [-0.3, -0.25) is 9.78 Å². The van der Waals surface area contributed by atoms with Crippen LogP contribution >= 0.6 is 0 Å². The van der Waals surface area contributed by atoms with E-state index in [0.29, 0.717) is 6.61 Å². The molecule has 3 nitrogen and oxygen atoms in total. The van der Waals surface area contributed by atoms with Crippen LogP contribution in [0.4, 0.5) is 0 Å². The molecule has 0 spiro atoms. The van der Waals surface area contributed by atoms with Crippen molar-refractivity contribution in [1.82, 2.24) is 4.98 Å². The number of carbonyl (C=O) groups excluding carboxylic acids is 1. The predicted molar refractivity (Wildman–Crippen MR) is 66.2 cm³/mol. The highest BCUT2D eigenvalue weighted by atomic mass is 16.5. The summed E-state index contributed by atoms with van der Waals surface area (Å²) in [6.45, 7) is 2.31. The molecule has 0 fully saturated rings. The van der Waals surface area contributed by atoms with Crippen molar-refractivity contribution in [1.29, 1.82) is 0 Å². The number of aromatic nitrogens is 1. The summed E-state index contributed by atoms with van der Waals surface area (Å²) in [6, 6.07) is 4.00. The van der Waals surface area contributed by atoms with Crippen molar-refractivity contribution in [2.45, 2.75) is 26.2 Å². The zero-order valence-electron chi connectivity index (χ0n) is 10.1. The van der Waals surface area contributed by atoms with Crippen LogP contribution in [0.5, 0.6) is 0 Å². The number of esters is 1. The molecule has 1 aromatic heterocycles. The van der Waals surface area contributed by atoms with Crippen LogP contribution in [0.15, 0.2) is 30.6 Å². The first-order valence-corrected chi connectivity index (χ1v) is 6.07. The largest absolute Gasteiger partial charge is 0.466 e. The standard InChI is InChI=1S/C14H17NO2/c1-2-17-14(16)12-7-5-11(6-8-12)13-4-3-9-15-10-13/h3-5,9-10,12H,2,6-8H2,1H3/t12-/m1/s1. The fourth-order valence-corrected chi connectivity index (χ4v) is 2.12. The lowest BCUT2D eigenvalue weighted by molar-refractivity contribution is -0.148. The monoisotopic (exact) mass is 231 g/mol. The molecule has 0 saturated carbocycles. The second-order valence-corrected chi connectivity index (χ2v) is 4.19. The second-order valence-electron chi connectivity index (χ2n) is 4.19. The minimum atomic E-state index is -0.0611. The molecular weight excluding hydrogens is 214 g/mol. The van der Waals surface area contributed by atoms with Crippen molar-refractivity contribution in [3.63, 3.8) is 0 Å². The van der Waals surface area contributed by atoms with Crippen LogP contribution in [0.1, 0.15) is 31.7 Å². The first-order chi connectivity index (χ1) is 8.31. The summed E-state index contributed by atoms with van der Waals surface area (Å²) in [5.74, 6) is -0.0237. The van der Waals surface area contributed by atoms with Crippen LogP contribution in [-0.4, -0.2) is 17.6 Å². The zero-order chi connectivity index (χ0) is 12.1. The van der Waals surface area contributed by atoms with Gasteiger partial charge in [-0.2, -0.15) is 0 Å². The normalized spacial score (nSPS) is 19.6. The summed E-state index contributed by atoms with van der Waals surface area (Å²) in [5.41, 5.74) is 2.45. The van der Waals surface area contributed by atoms with Crippen LogP contribution in [0, 0.1) is 5.92 Å². The summed E-state index contributed by atoms with van der Waals surface area (Å²) in [6.07, 6.45) is 8.37. The fraction of sp³-hybridized carbons (Fsp3) is 0.429. The lowest BCUT2D eigenvalue weighted by Gasteiger charge is -2.20. The first-order valence-electron chi connectivity index (χ1n) is 6.07. The van der Waals surface area contributed by atoms with Gasteiger partial charge in [0.05, 0.1) is 12.5 Å². The topological polar surface area (TPSA) is 39.2 Å². The Hall–Kier alpha value is -1.64. The van der Waals surface area contributed by atoms with E-state index in [4.69, 9.17) is 4.74 Å². The van der Waals surface area contributed by atoms with Crippen LogP contribution < -0.4 is 0 Å². The Morgan fingerprint density at radius 3 is 3.06 bits per heavy atom. The van der Waals surface area contributed by atoms with Gasteiger partial charge in [-0.05, 0) is 43.4 Å². The molecule has 90 valence electrons. The number of hydrogen-bond donors (Lipinski definition) is 0. The van der Waals surface area contributed by atoms with Gasteiger partial charge in [0, 0.05) is 12.4 Å². The molecule has 1 atom stereocenters. The average molecular weight is 231 g/mol. The minimum absolute atomic E-state index is 0.0374. The summed E-state index contributed by atoms with van der Waals surface area (Å²) < 4.78 is 5.04. The van der Waals surface area contributed by atoms with E-state index in [0.717, 1.165) is 24.8 Å². The molecule has 0 bridgehead atoms. The quantitative estimate of drug-likeness (QED) is 0.751. The van der Waals surface area contributed by atoms with Crippen LogP contribution in [0.2, 0.25) is 0 Å². The third-order valence-electron chi connectivity index (χ3n) is 3.06. The molecule has 0 radical (unpaired) electrons.